The molecule has 30 heavy (non-hydrogen) atoms. The number of benzene rings is 1. The van der Waals surface area contributed by atoms with E-state index < -0.39 is 17.5 Å². The Morgan fingerprint density at radius 3 is 2.47 bits per heavy atom. The number of ketones is 1. The number of aromatic amines is 1. The summed E-state index contributed by atoms with van der Waals surface area (Å²) >= 11 is 0. The van der Waals surface area contributed by atoms with E-state index in [1.807, 2.05) is 32.0 Å². The molecule has 0 spiro atoms. The van der Waals surface area contributed by atoms with Gasteiger partial charge < -0.3 is 19.8 Å². The molecule has 2 N–H and O–H groups in total. The number of rotatable bonds is 9. The van der Waals surface area contributed by atoms with Gasteiger partial charge in [-0.15, -0.1) is 0 Å². The molecule has 0 fully saturated rings. The number of hydrogen-bond acceptors (Lipinski definition) is 5. The zero-order valence-corrected chi connectivity index (χ0v) is 18.6. The van der Waals surface area contributed by atoms with E-state index in [1.54, 1.807) is 33.9 Å². The molecule has 0 bridgehead atoms. The van der Waals surface area contributed by atoms with E-state index in [0.717, 1.165) is 10.9 Å². The lowest BCUT2D eigenvalue weighted by atomic mass is 9.91. The predicted octanol–water partition coefficient (Wildman–Crippen LogP) is 3.87. The number of nitrogens with one attached hydrogen (secondary N) is 2. The fourth-order valence-corrected chi connectivity index (χ4v) is 3.32. The molecular formula is C23H32N2O5. The van der Waals surface area contributed by atoms with E-state index in [4.69, 9.17) is 9.47 Å². The minimum absolute atomic E-state index is 0.0491. The van der Waals surface area contributed by atoms with Gasteiger partial charge in [-0.3, -0.25) is 14.4 Å². The lowest BCUT2D eigenvalue weighted by molar-refractivity contribution is -0.154. The minimum atomic E-state index is -0.619. The molecule has 7 heteroatoms. The normalized spacial score (nSPS) is 12.6. The largest absolute Gasteiger partial charge is 0.496 e. The Labute approximate surface area is 177 Å². The third-order valence-corrected chi connectivity index (χ3v) is 4.53. The first-order valence-corrected chi connectivity index (χ1v) is 10.2. The highest BCUT2D eigenvalue weighted by molar-refractivity contribution is 6.02. The molecule has 2 rings (SSSR count). The summed E-state index contributed by atoms with van der Waals surface area (Å²) in [7, 11) is 1.58. The second-order valence-corrected chi connectivity index (χ2v) is 8.86. The molecule has 1 aromatic carbocycles. The van der Waals surface area contributed by atoms with Gasteiger partial charge in [0.15, 0.2) is 5.78 Å². The Morgan fingerprint density at radius 2 is 1.87 bits per heavy atom. The zero-order valence-electron chi connectivity index (χ0n) is 18.6. The van der Waals surface area contributed by atoms with Gasteiger partial charge in [-0.1, -0.05) is 19.9 Å². The molecule has 0 saturated carbocycles. The first-order valence-electron chi connectivity index (χ1n) is 10.2. The smallest absolute Gasteiger partial charge is 0.325 e. The van der Waals surface area contributed by atoms with Crippen LogP contribution in [0.25, 0.3) is 10.9 Å². The molecule has 0 saturated heterocycles. The Balaban J connectivity index is 2.09. The lowest BCUT2D eigenvalue weighted by Crippen LogP contribution is -2.38. The SMILES string of the molecule is COc1cccc2[nH]c(C(=O)C[C@@H](CC(C)C)C(=O)NCC(=O)OC(C)(C)C)cc12. The van der Waals surface area contributed by atoms with Crippen LogP contribution >= 0.6 is 0 Å². The lowest BCUT2D eigenvalue weighted by Gasteiger charge is -2.21. The number of fused-ring (bicyclic) bond motifs is 1. The first kappa shape index (κ1) is 23.4. The zero-order chi connectivity index (χ0) is 22.5. The first-order chi connectivity index (χ1) is 14.0. The molecule has 0 aliphatic carbocycles. The summed E-state index contributed by atoms with van der Waals surface area (Å²) in [5, 5.41) is 3.43. The number of carbonyl (C=O) groups excluding carboxylic acids is 3. The van der Waals surface area contributed by atoms with E-state index in [0.29, 0.717) is 17.9 Å². The molecule has 2 aromatic rings. The fourth-order valence-electron chi connectivity index (χ4n) is 3.32. The van der Waals surface area contributed by atoms with Crippen LogP contribution in [0.2, 0.25) is 0 Å². The van der Waals surface area contributed by atoms with Gasteiger partial charge in [0.2, 0.25) is 5.91 Å². The number of methoxy groups -OCH3 is 1. The van der Waals surface area contributed by atoms with Crippen LogP contribution in [0.4, 0.5) is 0 Å². The molecule has 0 aliphatic heterocycles. The maximum absolute atomic E-state index is 12.9. The molecule has 1 aromatic heterocycles. The van der Waals surface area contributed by atoms with E-state index in [9.17, 15) is 14.4 Å². The van der Waals surface area contributed by atoms with E-state index in [-0.39, 0.29) is 30.6 Å². The van der Waals surface area contributed by atoms with Crippen LogP contribution in [0.15, 0.2) is 24.3 Å². The van der Waals surface area contributed by atoms with Gasteiger partial charge in [0, 0.05) is 23.2 Å². The minimum Gasteiger partial charge on any atom is -0.496 e. The third-order valence-electron chi connectivity index (χ3n) is 4.53. The van der Waals surface area contributed by atoms with Gasteiger partial charge in [-0.25, -0.2) is 0 Å². The van der Waals surface area contributed by atoms with Crippen molar-refractivity contribution in [1.82, 2.24) is 10.3 Å². The predicted molar refractivity (Wildman–Crippen MR) is 116 cm³/mol. The van der Waals surface area contributed by atoms with Crippen molar-refractivity contribution >= 4 is 28.6 Å². The van der Waals surface area contributed by atoms with Gasteiger partial charge in [0.05, 0.1) is 12.8 Å². The second-order valence-electron chi connectivity index (χ2n) is 8.86. The highest BCUT2D eigenvalue weighted by Crippen LogP contribution is 2.27. The number of aromatic nitrogens is 1. The number of ether oxygens (including phenoxy) is 2. The van der Waals surface area contributed by atoms with Crippen LogP contribution in [0.5, 0.6) is 5.75 Å². The third kappa shape index (κ3) is 6.61. The Morgan fingerprint density at radius 1 is 1.17 bits per heavy atom. The summed E-state index contributed by atoms with van der Waals surface area (Å²) in [6.45, 7) is 9.06. The van der Waals surface area contributed by atoms with Gasteiger partial charge in [-0.05, 0) is 51.3 Å². The van der Waals surface area contributed by atoms with Crippen molar-refractivity contribution < 1.29 is 23.9 Å². The van der Waals surface area contributed by atoms with Crippen LogP contribution in [-0.4, -0.2) is 41.9 Å². The van der Waals surface area contributed by atoms with Crippen LogP contribution in [0, 0.1) is 11.8 Å². The molecule has 1 heterocycles. The Bertz CT molecular complexity index is 908. The van der Waals surface area contributed by atoms with Crippen molar-refractivity contribution in [3.8, 4) is 5.75 Å². The number of esters is 1. The maximum Gasteiger partial charge on any atom is 0.325 e. The van der Waals surface area contributed by atoms with Crippen molar-refractivity contribution in [2.75, 3.05) is 13.7 Å². The summed E-state index contributed by atoms with van der Waals surface area (Å²) in [5.74, 6) is -0.626. The van der Waals surface area contributed by atoms with Crippen molar-refractivity contribution in [1.29, 1.82) is 0 Å². The number of hydrogen-bond donors (Lipinski definition) is 2. The Hall–Kier alpha value is -2.83. The summed E-state index contributed by atoms with van der Waals surface area (Å²) in [6, 6.07) is 7.29. The fraction of sp³-hybridized carbons (Fsp3) is 0.522. The number of H-pyrrole nitrogens is 1. The molecule has 164 valence electrons. The second kappa shape index (κ2) is 9.78. The summed E-state index contributed by atoms with van der Waals surface area (Å²) in [4.78, 5) is 40.6. The summed E-state index contributed by atoms with van der Waals surface area (Å²) in [5.41, 5.74) is 0.613. The quantitative estimate of drug-likeness (QED) is 0.478. The van der Waals surface area contributed by atoms with Crippen LogP contribution in [0.1, 0.15) is 57.9 Å². The van der Waals surface area contributed by atoms with Gasteiger partial charge >= 0.3 is 5.97 Å². The van der Waals surface area contributed by atoms with Crippen LogP contribution in [0.3, 0.4) is 0 Å². The molecule has 1 atom stereocenters. The van der Waals surface area contributed by atoms with Crippen molar-refractivity contribution in [3.05, 3.63) is 30.0 Å². The highest BCUT2D eigenvalue weighted by Gasteiger charge is 2.26. The summed E-state index contributed by atoms with van der Waals surface area (Å²) in [6.07, 6.45) is 0.586. The van der Waals surface area contributed by atoms with Crippen LogP contribution in [-0.2, 0) is 14.3 Å². The molecule has 0 unspecified atom stereocenters. The molecular weight excluding hydrogens is 384 g/mol. The standard InChI is InChI=1S/C23H32N2O5/c1-14(2)10-15(22(28)24-13-21(27)30-23(3,4)5)11-19(26)18-12-16-17(25-18)8-7-9-20(16)29-6/h7-9,12,14-15,25H,10-11,13H2,1-6H3,(H,24,28)/t15-/m1/s1. The average molecular weight is 417 g/mol. The van der Waals surface area contributed by atoms with E-state index in [1.165, 1.54) is 0 Å². The molecule has 0 aliphatic rings. The van der Waals surface area contributed by atoms with Crippen molar-refractivity contribution in [2.24, 2.45) is 11.8 Å². The topological polar surface area (TPSA) is 97.5 Å². The number of carbonyl (C=O) groups is 3. The average Bonchev–Trinajstić information content (AvgIpc) is 3.08. The van der Waals surface area contributed by atoms with E-state index in [2.05, 4.69) is 10.3 Å². The Kier molecular flexibility index (Phi) is 7.65. The monoisotopic (exact) mass is 416 g/mol. The van der Waals surface area contributed by atoms with Crippen molar-refractivity contribution in [3.63, 3.8) is 0 Å². The highest BCUT2D eigenvalue weighted by atomic mass is 16.6. The maximum atomic E-state index is 12.9. The van der Waals surface area contributed by atoms with Gasteiger partial charge in [0.25, 0.3) is 0 Å². The van der Waals surface area contributed by atoms with Gasteiger partial charge in [-0.2, -0.15) is 0 Å². The number of amides is 1. The molecule has 1 amide bonds. The van der Waals surface area contributed by atoms with Gasteiger partial charge in [0.1, 0.15) is 17.9 Å². The summed E-state index contributed by atoms with van der Waals surface area (Å²) < 4.78 is 10.6. The molecule has 7 nitrogen and oxygen atoms in total. The molecule has 0 radical (unpaired) electrons. The van der Waals surface area contributed by atoms with Crippen molar-refractivity contribution in [2.45, 2.75) is 53.1 Å². The van der Waals surface area contributed by atoms with Crippen LogP contribution < -0.4 is 10.1 Å². The van der Waals surface area contributed by atoms with E-state index >= 15 is 0 Å². The number of Topliss-reactive ketones (excluding diaryl/α,β-unsaturated/α-hetero) is 1.